The number of ether oxygens (including phenoxy) is 1. The van der Waals surface area contributed by atoms with Crippen LogP contribution in [0.4, 0.5) is 0 Å². The largest absolute Gasteiger partial charge is 0.456 e. The molecule has 0 N–H and O–H groups in total. The molecule has 0 amide bonds. The minimum Gasteiger partial charge on any atom is -0.456 e. The zero-order chi connectivity index (χ0) is 14.5. The summed E-state index contributed by atoms with van der Waals surface area (Å²) in [7, 11) is 0. The zero-order valence-electron chi connectivity index (χ0n) is 11.6. The maximum atomic E-state index is 9.25. The van der Waals surface area contributed by atoms with E-state index in [2.05, 4.69) is 41.9 Å². The first-order valence-corrected chi connectivity index (χ1v) is 7.63. The maximum Gasteiger partial charge on any atom is 0.145 e. The summed E-state index contributed by atoms with van der Waals surface area (Å²) in [5, 5.41) is 9.98. The van der Waals surface area contributed by atoms with Crippen molar-refractivity contribution in [2.24, 2.45) is 0 Å². The van der Waals surface area contributed by atoms with Crippen LogP contribution in [0.3, 0.4) is 0 Å². The van der Waals surface area contributed by atoms with E-state index < -0.39 is 0 Å². The molecule has 0 aliphatic heterocycles. The highest BCUT2D eigenvalue weighted by Crippen LogP contribution is 2.32. The highest BCUT2D eigenvalue weighted by atomic mass is 79.9. The van der Waals surface area contributed by atoms with Crippen molar-refractivity contribution < 1.29 is 4.74 Å². The average molecular weight is 330 g/mol. The Morgan fingerprint density at radius 2 is 1.90 bits per heavy atom. The van der Waals surface area contributed by atoms with Gasteiger partial charge in [0.15, 0.2) is 0 Å². The number of nitrogens with zero attached hydrogens (tertiary/aromatic N) is 1. The van der Waals surface area contributed by atoms with Gasteiger partial charge in [0, 0.05) is 5.33 Å². The third-order valence-electron chi connectivity index (χ3n) is 3.08. The van der Waals surface area contributed by atoms with Gasteiger partial charge in [-0.25, -0.2) is 0 Å². The van der Waals surface area contributed by atoms with Gasteiger partial charge in [-0.1, -0.05) is 54.0 Å². The summed E-state index contributed by atoms with van der Waals surface area (Å²) in [6.45, 7) is 4.25. The molecule has 0 spiro atoms. The molecule has 0 heterocycles. The summed E-state index contributed by atoms with van der Waals surface area (Å²) in [6, 6.07) is 15.8. The van der Waals surface area contributed by atoms with Gasteiger partial charge >= 0.3 is 0 Å². The average Bonchev–Trinajstić information content (AvgIpc) is 2.48. The van der Waals surface area contributed by atoms with Crippen LogP contribution in [0.5, 0.6) is 11.5 Å². The number of alkyl halides is 1. The lowest BCUT2D eigenvalue weighted by Gasteiger charge is -2.14. The predicted molar refractivity (Wildman–Crippen MR) is 84.4 cm³/mol. The Morgan fingerprint density at radius 3 is 2.55 bits per heavy atom. The lowest BCUT2D eigenvalue weighted by Crippen LogP contribution is -1.95. The van der Waals surface area contributed by atoms with Crippen molar-refractivity contribution in [2.75, 3.05) is 0 Å². The number of para-hydroxylation sites is 1. The molecule has 2 rings (SSSR count). The van der Waals surface area contributed by atoms with Crippen LogP contribution in [0, 0.1) is 11.3 Å². The first-order chi connectivity index (χ1) is 9.65. The van der Waals surface area contributed by atoms with E-state index in [9.17, 15) is 5.26 Å². The van der Waals surface area contributed by atoms with Crippen molar-refractivity contribution in [3.63, 3.8) is 0 Å². The summed E-state index contributed by atoms with van der Waals surface area (Å²) in [4.78, 5) is 0. The minimum absolute atomic E-state index is 0.374. The van der Waals surface area contributed by atoms with Gasteiger partial charge in [0.1, 0.15) is 17.6 Å². The maximum absolute atomic E-state index is 9.25. The normalized spacial score (nSPS) is 10.3. The van der Waals surface area contributed by atoms with Crippen LogP contribution in [0.25, 0.3) is 0 Å². The van der Waals surface area contributed by atoms with Crippen molar-refractivity contribution >= 4 is 15.9 Å². The zero-order valence-corrected chi connectivity index (χ0v) is 13.1. The van der Waals surface area contributed by atoms with Crippen molar-refractivity contribution in [1.29, 1.82) is 5.26 Å². The standard InChI is InChI=1S/C17H16BrNO/c1-12(2)15-5-3-4-6-17(15)20-16-8-7-13(10-18)9-14(16)11-19/h3-9,12H,10H2,1-2H3. The number of benzene rings is 2. The van der Waals surface area contributed by atoms with E-state index in [1.54, 1.807) is 0 Å². The molecule has 0 saturated heterocycles. The summed E-state index contributed by atoms with van der Waals surface area (Å²) in [5.41, 5.74) is 2.76. The highest BCUT2D eigenvalue weighted by molar-refractivity contribution is 9.08. The monoisotopic (exact) mass is 329 g/mol. The molecule has 2 aromatic rings. The van der Waals surface area contributed by atoms with Gasteiger partial charge in [0.2, 0.25) is 0 Å². The summed E-state index contributed by atoms with van der Waals surface area (Å²) < 4.78 is 5.95. The Kier molecular flexibility index (Phi) is 4.81. The Hall–Kier alpha value is -1.79. The van der Waals surface area contributed by atoms with E-state index in [1.165, 1.54) is 0 Å². The molecule has 2 aromatic carbocycles. The fourth-order valence-electron chi connectivity index (χ4n) is 2.01. The second kappa shape index (κ2) is 6.58. The van der Waals surface area contributed by atoms with E-state index in [-0.39, 0.29) is 0 Å². The third kappa shape index (κ3) is 3.20. The van der Waals surface area contributed by atoms with Crippen LogP contribution in [0.2, 0.25) is 0 Å². The molecule has 0 bridgehead atoms. The number of nitriles is 1. The smallest absolute Gasteiger partial charge is 0.145 e. The summed E-state index contributed by atoms with van der Waals surface area (Å²) in [5.74, 6) is 1.79. The van der Waals surface area contributed by atoms with Crippen LogP contribution < -0.4 is 4.74 Å². The molecule has 0 atom stereocenters. The second-order valence-electron chi connectivity index (χ2n) is 4.87. The van der Waals surface area contributed by atoms with Gasteiger partial charge in [-0.15, -0.1) is 0 Å². The van der Waals surface area contributed by atoms with Crippen molar-refractivity contribution in [2.45, 2.75) is 25.1 Å². The first kappa shape index (κ1) is 14.6. The quantitative estimate of drug-likeness (QED) is 0.706. The van der Waals surface area contributed by atoms with Gasteiger partial charge in [-0.3, -0.25) is 0 Å². The molecule has 20 heavy (non-hydrogen) atoms. The molecule has 0 unspecified atom stereocenters. The molecule has 0 fully saturated rings. The van der Waals surface area contributed by atoms with Crippen molar-refractivity contribution in [3.8, 4) is 17.6 Å². The third-order valence-corrected chi connectivity index (χ3v) is 3.73. The molecule has 102 valence electrons. The Bertz CT molecular complexity index is 644. The van der Waals surface area contributed by atoms with E-state index >= 15 is 0 Å². The summed E-state index contributed by atoms with van der Waals surface area (Å²) in [6.07, 6.45) is 0. The minimum atomic E-state index is 0.374. The Labute approximate surface area is 128 Å². The fourth-order valence-corrected chi connectivity index (χ4v) is 2.35. The van der Waals surface area contributed by atoms with Crippen LogP contribution in [-0.4, -0.2) is 0 Å². The van der Waals surface area contributed by atoms with E-state index in [0.29, 0.717) is 17.2 Å². The molecule has 3 heteroatoms. The van der Waals surface area contributed by atoms with Crippen LogP contribution >= 0.6 is 15.9 Å². The Balaban J connectivity index is 2.38. The van der Waals surface area contributed by atoms with Gasteiger partial charge in [-0.05, 0) is 35.2 Å². The fraction of sp³-hybridized carbons (Fsp3) is 0.235. The van der Waals surface area contributed by atoms with Gasteiger partial charge in [0.25, 0.3) is 0 Å². The van der Waals surface area contributed by atoms with Crippen molar-refractivity contribution in [3.05, 3.63) is 59.2 Å². The SMILES string of the molecule is CC(C)c1ccccc1Oc1ccc(CBr)cc1C#N. The van der Waals surface area contributed by atoms with Crippen LogP contribution in [0.1, 0.15) is 36.5 Å². The second-order valence-corrected chi connectivity index (χ2v) is 5.43. The van der Waals surface area contributed by atoms with Crippen LogP contribution in [0.15, 0.2) is 42.5 Å². The Morgan fingerprint density at radius 1 is 1.15 bits per heavy atom. The number of halogens is 1. The first-order valence-electron chi connectivity index (χ1n) is 6.51. The number of rotatable bonds is 4. The van der Waals surface area contributed by atoms with E-state index in [4.69, 9.17) is 4.74 Å². The van der Waals surface area contributed by atoms with Gasteiger partial charge < -0.3 is 4.74 Å². The molecule has 0 aliphatic rings. The molecular formula is C17H16BrNO. The number of hydrogen-bond donors (Lipinski definition) is 0. The molecular weight excluding hydrogens is 314 g/mol. The van der Waals surface area contributed by atoms with Crippen LogP contribution in [-0.2, 0) is 5.33 Å². The predicted octanol–water partition coefficient (Wildman–Crippen LogP) is 5.37. The van der Waals surface area contributed by atoms with Gasteiger partial charge in [-0.2, -0.15) is 5.26 Å². The molecule has 2 nitrogen and oxygen atoms in total. The molecule has 0 saturated carbocycles. The molecule has 0 radical (unpaired) electrons. The highest BCUT2D eigenvalue weighted by Gasteiger charge is 2.10. The summed E-state index contributed by atoms with van der Waals surface area (Å²) >= 11 is 3.39. The number of hydrogen-bond acceptors (Lipinski definition) is 2. The topological polar surface area (TPSA) is 33.0 Å². The molecule has 0 aliphatic carbocycles. The molecule has 0 aromatic heterocycles. The van der Waals surface area contributed by atoms with E-state index in [1.807, 2.05) is 36.4 Å². The van der Waals surface area contributed by atoms with Crippen molar-refractivity contribution in [1.82, 2.24) is 0 Å². The van der Waals surface area contributed by atoms with Gasteiger partial charge in [0.05, 0.1) is 5.56 Å². The van der Waals surface area contributed by atoms with E-state index in [0.717, 1.165) is 22.2 Å². The lowest BCUT2D eigenvalue weighted by atomic mass is 10.0. The lowest BCUT2D eigenvalue weighted by molar-refractivity contribution is 0.471.